The molecule has 0 heterocycles. The summed E-state index contributed by atoms with van der Waals surface area (Å²) < 4.78 is 56.9. The van der Waals surface area contributed by atoms with Crippen molar-refractivity contribution in [1.29, 1.82) is 0 Å². The van der Waals surface area contributed by atoms with Crippen molar-refractivity contribution in [3.63, 3.8) is 0 Å². The summed E-state index contributed by atoms with van der Waals surface area (Å²) >= 11 is 2.81. The molecule has 0 bridgehead atoms. The first kappa shape index (κ1) is 17.4. The van der Waals surface area contributed by atoms with Crippen molar-refractivity contribution in [2.75, 3.05) is 20.3 Å². The fourth-order valence-corrected chi connectivity index (χ4v) is 3.70. The fourth-order valence-electron chi connectivity index (χ4n) is 1.49. The third-order valence-electron chi connectivity index (χ3n) is 2.36. The summed E-state index contributed by atoms with van der Waals surface area (Å²) in [6.45, 7) is -0.0353. The Hall–Kier alpha value is -0.610. The summed E-state index contributed by atoms with van der Waals surface area (Å²) in [6.07, 6.45) is -0.725. The minimum atomic E-state index is -4.14. The molecule has 0 aromatic heterocycles. The molecule has 5 nitrogen and oxygen atoms in total. The van der Waals surface area contributed by atoms with Gasteiger partial charge in [-0.05, 0) is 28.4 Å². The molecule has 9 heteroatoms. The number of sulfonamides is 1. The topological polar surface area (TPSA) is 75.6 Å². The number of aliphatic hydroxyl groups is 1. The van der Waals surface area contributed by atoms with Gasteiger partial charge >= 0.3 is 0 Å². The van der Waals surface area contributed by atoms with E-state index >= 15 is 0 Å². The summed E-state index contributed by atoms with van der Waals surface area (Å²) in [5.74, 6) is -2.08. The normalized spacial score (nSPS) is 13.4. The number of aliphatic hydroxyl groups excluding tert-OH is 1. The molecule has 1 unspecified atom stereocenters. The van der Waals surface area contributed by atoms with Crippen LogP contribution in [0.15, 0.2) is 21.5 Å². The van der Waals surface area contributed by atoms with E-state index in [0.717, 1.165) is 6.07 Å². The largest absolute Gasteiger partial charge is 0.391 e. The number of halogens is 3. The molecule has 0 radical (unpaired) electrons. The molecule has 0 fully saturated rings. The lowest BCUT2D eigenvalue weighted by Crippen LogP contribution is -2.29. The molecule has 1 rings (SSSR count). The number of ether oxygens (including phenoxy) is 1. The molecule has 2 N–H and O–H groups in total. The average Bonchev–Trinajstić information content (AvgIpc) is 2.26. The highest BCUT2D eigenvalue weighted by atomic mass is 79.9. The van der Waals surface area contributed by atoms with Gasteiger partial charge in [0.1, 0.15) is 16.5 Å². The molecule has 0 saturated heterocycles. The maximum atomic E-state index is 13.6. The van der Waals surface area contributed by atoms with Crippen molar-refractivity contribution in [1.82, 2.24) is 4.72 Å². The van der Waals surface area contributed by atoms with Crippen molar-refractivity contribution in [2.24, 2.45) is 0 Å². The SMILES string of the molecule is COCC(O)CCNS(=O)(=O)c1c(F)cc(F)cc1Br. The fraction of sp³-hybridized carbons (Fsp3) is 0.455. The molecule has 1 aromatic carbocycles. The molecule has 0 aliphatic carbocycles. The van der Waals surface area contributed by atoms with Crippen molar-refractivity contribution in [2.45, 2.75) is 17.4 Å². The first-order chi connectivity index (χ1) is 9.27. The molecule has 0 aliphatic heterocycles. The van der Waals surface area contributed by atoms with Gasteiger partial charge in [-0.1, -0.05) is 0 Å². The number of rotatable bonds is 7. The number of methoxy groups -OCH3 is 1. The Balaban J connectivity index is 2.80. The zero-order chi connectivity index (χ0) is 15.3. The molecule has 0 amide bonds. The van der Waals surface area contributed by atoms with Crippen molar-refractivity contribution < 1.29 is 27.0 Å². The van der Waals surface area contributed by atoms with Crippen LogP contribution in [0, 0.1) is 11.6 Å². The highest BCUT2D eigenvalue weighted by Crippen LogP contribution is 2.26. The predicted molar refractivity (Wildman–Crippen MR) is 71.7 cm³/mol. The van der Waals surface area contributed by atoms with Crippen LogP contribution in [0.3, 0.4) is 0 Å². The van der Waals surface area contributed by atoms with Crippen molar-refractivity contribution in [3.8, 4) is 0 Å². The summed E-state index contributed by atoms with van der Waals surface area (Å²) in [4.78, 5) is -0.667. The molecule has 0 saturated carbocycles. The van der Waals surface area contributed by atoms with Crippen LogP contribution < -0.4 is 4.72 Å². The van der Waals surface area contributed by atoms with Gasteiger partial charge in [0.05, 0.1) is 12.7 Å². The first-order valence-electron chi connectivity index (χ1n) is 5.59. The Kier molecular flexibility index (Phi) is 6.46. The molecule has 1 atom stereocenters. The zero-order valence-corrected chi connectivity index (χ0v) is 13.0. The third kappa shape index (κ3) is 4.74. The molecule has 0 spiro atoms. The van der Waals surface area contributed by atoms with E-state index in [-0.39, 0.29) is 24.0 Å². The van der Waals surface area contributed by atoms with Crippen LogP contribution in [0.4, 0.5) is 8.78 Å². The van der Waals surface area contributed by atoms with E-state index in [1.165, 1.54) is 7.11 Å². The molecular weight excluding hydrogens is 360 g/mol. The predicted octanol–water partition coefficient (Wildman–Crippen LogP) is 1.40. The van der Waals surface area contributed by atoms with Crippen LogP contribution in [-0.2, 0) is 14.8 Å². The maximum Gasteiger partial charge on any atom is 0.244 e. The first-order valence-corrected chi connectivity index (χ1v) is 7.86. The second-order valence-corrected chi connectivity index (χ2v) is 6.55. The summed E-state index contributed by atoms with van der Waals surface area (Å²) in [6, 6.07) is 1.34. The maximum absolute atomic E-state index is 13.6. The van der Waals surface area contributed by atoms with Gasteiger partial charge in [-0.2, -0.15) is 0 Å². The molecular formula is C11H14BrF2NO4S. The van der Waals surface area contributed by atoms with E-state index in [2.05, 4.69) is 25.4 Å². The Labute approximate surface area is 124 Å². The summed E-state index contributed by atoms with van der Waals surface area (Å²) in [7, 11) is -2.74. The van der Waals surface area contributed by atoms with Crippen molar-refractivity contribution in [3.05, 3.63) is 28.2 Å². The standard InChI is InChI=1S/C11H14BrF2NO4S/c1-19-6-8(16)2-3-15-20(17,18)11-9(12)4-7(13)5-10(11)14/h4-5,8,15-16H,2-3,6H2,1H3. The van der Waals surface area contributed by atoms with Gasteiger partial charge in [-0.25, -0.2) is 21.9 Å². The lowest BCUT2D eigenvalue weighted by atomic mass is 10.3. The Bertz CT molecular complexity index is 545. The van der Waals surface area contributed by atoms with Crippen LogP contribution in [0.5, 0.6) is 0 Å². The lowest BCUT2D eigenvalue weighted by molar-refractivity contribution is 0.0603. The van der Waals surface area contributed by atoms with Gasteiger partial charge in [-0.15, -0.1) is 0 Å². The smallest absolute Gasteiger partial charge is 0.244 e. The molecule has 0 aliphatic rings. The lowest BCUT2D eigenvalue weighted by Gasteiger charge is -2.12. The van der Waals surface area contributed by atoms with Crippen LogP contribution in [0.1, 0.15) is 6.42 Å². The Morgan fingerprint density at radius 1 is 1.45 bits per heavy atom. The van der Waals surface area contributed by atoms with E-state index in [9.17, 15) is 22.3 Å². The number of hydrogen-bond donors (Lipinski definition) is 2. The van der Waals surface area contributed by atoms with Gasteiger partial charge in [0, 0.05) is 24.2 Å². The Morgan fingerprint density at radius 3 is 2.65 bits per heavy atom. The van der Waals surface area contributed by atoms with Gasteiger partial charge in [0.25, 0.3) is 0 Å². The molecule has 20 heavy (non-hydrogen) atoms. The molecule has 1 aromatic rings. The van der Waals surface area contributed by atoms with Crippen LogP contribution in [0.25, 0.3) is 0 Å². The number of nitrogens with one attached hydrogen (secondary N) is 1. The van der Waals surface area contributed by atoms with Crippen LogP contribution in [0.2, 0.25) is 0 Å². The van der Waals surface area contributed by atoms with Crippen LogP contribution >= 0.6 is 15.9 Å². The highest BCUT2D eigenvalue weighted by molar-refractivity contribution is 9.10. The van der Waals surface area contributed by atoms with E-state index < -0.39 is 32.7 Å². The number of hydrogen-bond acceptors (Lipinski definition) is 4. The minimum Gasteiger partial charge on any atom is -0.391 e. The zero-order valence-electron chi connectivity index (χ0n) is 10.6. The van der Waals surface area contributed by atoms with Gasteiger partial charge < -0.3 is 9.84 Å². The third-order valence-corrected chi connectivity index (χ3v) is 4.78. The number of benzene rings is 1. The summed E-state index contributed by atoms with van der Waals surface area (Å²) in [5.41, 5.74) is 0. The average molecular weight is 374 g/mol. The van der Waals surface area contributed by atoms with Gasteiger partial charge in [-0.3, -0.25) is 0 Å². The second kappa shape index (κ2) is 7.41. The quantitative estimate of drug-likeness (QED) is 0.757. The van der Waals surface area contributed by atoms with E-state index in [4.69, 9.17) is 0 Å². The van der Waals surface area contributed by atoms with Gasteiger partial charge in [0.2, 0.25) is 10.0 Å². The van der Waals surface area contributed by atoms with E-state index in [1.54, 1.807) is 0 Å². The van der Waals surface area contributed by atoms with E-state index in [0.29, 0.717) is 6.07 Å². The van der Waals surface area contributed by atoms with Crippen molar-refractivity contribution >= 4 is 26.0 Å². The summed E-state index contributed by atoms with van der Waals surface area (Å²) in [5, 5.41) is 9.37. The Morgan fingerprint density at radius 2 is 2.10 bits per heavy atom. The van der Waals surface area contributed by atoms with Gasteiger partial charge in [0.15, 0.2) is 0 Å². The molecule has 114 valence electrons. The highest BCUT2D eigenvalue weighted by Gasteiger charge is 2.23. The van der Waals surface area contributed by atoms with E-state index in [1.807, 2.05) is 0 Å². The van der Waals surface area contributed by atoms with Crippen LogP contribution in [-0.4, -0.2) is 39.9 Å². The minimum absolute atomic E-state index is 0.0658. The second-order valence-electron chi connectivity index (χ2n) is 3.99. The monoisotopic (exact) mass is 373 g/mol.